The van der Waals surface area contributed by atoms with Crippen molar-refractivity contribution in [2.45, 2.75) is 0 Å². The molecule has 12 heavy (non-hydrogen) atoms. The first-order chi connectivity index (χ1) is 5.66. The molecule has 1 heterocycles. The Bertz CT molecular complexity index is 370. The van der Waals surface area contributed by atoms with Crippen LogP contribution in [-0.4, -0.2) is 15.3 Å². The molecule has 0 aliphatic heterocycles. The Kier molecular flexibility index (Phi) is 2.26. The summed E-state index contributed by atoms with van der Waals surface area (Å²) in [6.07, 6.45) is 1.23. The van der Waals surface area contributed by atoms with Gasteiger partial charge < -0.3 is 5.11 Å². The van der Waals surface area contributed by atoms with Crippen molar-refractivity contribution in [1.82, 2.24) is 4.98 Å². The molecule has 0 unspecified atom stereocenters. The molecular weight excluding hydrogens is 180 g/mol. The van der Waals surface area contributed by atoms with Gasteiger partial charge in [-0.2, -0.15) is 5.26 Å². The molecule has 0 saturated heterocycles. The van der Waals surface area contributed by atoms with Gasteiger partial charge in [0.1, 0.15) is 6.07 Å². The predicted octanol–water partition coefficient (Wildman–Crippen LogP) is 1.04. The van der Waals surface area contributed by atoms with Crippen molar-refractivity contribution >= 4 is 16.8 Å². The van der Waals surface area contributed by atoms with Crippen molar-refractivity contribution in [2.24, 2.45) is 0 Å². The Labute approximate surface area is 73.0 Å². The monoisotopic (exact) mass is 182 g/mol. The highest BCUT2D eigenvalue weighted by Gasteiger charge is 2.12. The topological polar surface area (TPSA) is 74.0 Å². The second-order valence-electron chi connectivity index (χ2n) is 1.94. The van der Waals surface area contributed by atoms with E-state index in [1.165, 1.54) is 12.3 Å². The Morgan fingerprint density at radius 2 is 2.42 bits per heavy atom. The molecule has 0 radical (unpaired) electrons. The highest BCUT2D eigenvalue weighted by molar-refractivity contribution is 6.68. The molecular formula is C7H3ClN2O2. The number of aromatic hydroxyl groups is 1. The Hall–Kier alpha value is -1.60. The van der Waals surface area contributed by atoms with Crippen LogP contribution in [0.1, 0.15) is 16.1 Å². The van der Waals surface area contributed by atoms with Crippen LogP contribution in [0.5, 0.6) is 5.75 Å². The van der Waals surface area contributed by atoms with E-state index in [0.717, 1.165) is 0 Å². The van der Waals surface area contributed by atoms with Gasteiger partial charge in [-0.25, -0.2) is 4.98 Å². The molecule has 0 amide bonds. The number of nitriles is 1. The van der Waals surface area contributed by atoms with Crippen LogP contribution in [0.4, 0.5) is 0 Å². The lowest BCUT2D eigenvalue weighted by Gasteiger charge is -1.97. The van der Waals surface area contributed by atoms with Crippen molar-refractivity contribution in [2.75, 3.05) is 0 Å². The zero-order valence-electron chi connectivity index (χ0n) is 5.78. The molecule has 1 rings (SSSR count). The van der Waals surface area contributed by atoms with E-state index in [9.17, 15) is 4.79 Å². The van der Waals surface area contributed by atoms with Crippen LogP contribution in [0.25, 0.3) is 0 Å². The smallest absolute Gasteiger partial charge is 0.256 e. The number of rotatable bonds is 1. The Morgan fingerprint density at radius 3 is 2.92 bits per heavy atom. The number of nitrogens with zero attached hydrogens (tertiary/aromatic N) is 2. The molecule has 0 fully saturated rings. The summed E-state index contributed by atoms with van der Waals surface area (Å²) in [5.41, 5.74) is -0.315. The lowest BCUT2D eigenvalue weighted by atomic mass is 10.2. The van der Waals surface area contributed by atoms with E-state index in [1.807, 2.05) is 0 Å². The Balaban J connectivity index is 3.35. The van der Waals surface area contributed by atoms with Crippen LogP contribution >= 0.6 is 11.6 Å². The van der Waals surface area contributed by atoms with Gasteiger partial charge in [0.25, 0.3) is 5.24 Å². The Morgan fingerprint density at radius 1 is 1.75 bits per heavy atom. The molecule has 4 nitrogen and oxygen atoms in total. The molecule has 0 bridgehead atoms. The van der Waals surface area contributed by atoms with E-state index in [2.05, 4.69) is 4.98 Å². The molecule has 1 N–H and O–H groups in total. The number of aromatic nitrogens is 1. The molecule has 0 aliphatic carbocycles. The van der Waals surface area contributed by atoms with E-state index >= 15 is 0 Å². The third-order valence-electron chi connectivity index (χ3n) is 1.24. The molecule has 1 aromatic heterocycles. The summed E-state index contributed by atoms with van der Waals surface area (Å²) in [7, 11) is 0. The highest BCUT2D eigenvalue weighted by atomic mass is 35.5. The first kappa shape index (κ1) is 8.50. The van der Waals surface area contributed by atoms with Crippen molar-refractivity contribution in [1.29, 1.82) is 5.26 Å². The van der Waals surface area contributed by atoms with E-state index < -0.39 is 11.0 Å². The fourth-order valence-corrected chi connectivity index (χ4v) is 0.847. The molecule has 0 atom stereocenters. The SMILES string of the molecule is N#Cc1nccc(C(=O)Cl)c1O. The van der Waals surface area contributed by atoms with Gasteiger partial charge in [-0.1, -0.05) is 0 Å². The van der Waals surface area contributed by atoms with Crippen LogP contribution < -0.4 is 0 Å². The number of hydrogen-bond donors (Lipinski definition) is 1. The maximum absolute atomic E-state index is 10.6. The van der Waals surface area contributed by atoms with Crippen molar-refractivity contribution in [3.8, 4) is 11.8 Å². The second-order valence-corrected chi connectivity index (χ2v) is 2.28. The zero-order valence-corrected chi connectivity index (χ0v) is 6.54. The van der Waals surface area contributed by atoms with Crippen molar-refractivity contribution in [3.63, 3.8) is 0 Å². The zero-order chi connectivity index (χ0) is 9.14. The summed E-state index contributed by atoms with van der Waals surface area (Å²) >= 11 is 5.10. The van der Waals surface area contributed by atoms with Gasteiger partial charge >= 0.3 is 0 Å². The number of pyridine rings is 1. The van der Waals surface area contributed by atoms with Crippen LogP contribution in [-0.2, 0) is 0 Å². The summed E-state index contributed by atoms with van der Waals surface area (Å²) in [5, 5.41) is 16.8. The standard InChI is InChI=1S/C7H3ClN2O2/c8-7(12)4-1-2-10-5(3-9)6(4)11/h1-2,11H. The van der Waals surface area contributed by atoms with Gasteiger partial charge in [0.2, 0.25) is 0 Å². The summed E-state index contributed by atoms with van der Waals surface area (Å²) in [5.74, 6) is -0.472. The lowest BCUT2D eigenvalue weighted by Crippen LogP contribution is -1.93. The quantitative estimate of drug-likeness (QED) is 0.659. The summed E-state index contributed by atoms with van der Waals surface area (Å²) in [6.45, 7) is 0. The van der Waals surface area contributed by atoms with Crippen molar-refractivity contribution in [3.05, 3.63) is 23.5 Å². The normalized spacial score (nSPS) is 9.00. The van der Waals surface area contributed by atoms with Gasteiger partial charge in [0, 0.05) is 6.20 Å². The summed E-state index contributed by atoms with van der Waals surface area (Å²) in [4.78, 5) is 14.1. The van der Waals surface area contributed by atoms with Crippen LogP contribution in [0, 0.1) is 11.3 Å². The van der Waals surface area contributed by atoms with E-state index in [1.54, 1.807) is 6.07 Å². The van der Waals surface area contributed by atoms with Gasteiger partial charge in [-0.3, -0.25) is 4.79 Å². The predicted molar refractivity (Wildman–Crippen MR) is 40.8 cm³/mol. The van der Waals surface area contributed by atoms with E-state index in [-0.39, 0.29) is 11.3 Å². The molecule has 0 spiro atoms. The van der Waals surface area contributed by atoms with Crippen LogP contribution in [0.3, 0.4) is 0 Å². The number of carbonyl (C=O) groups is 1. The minimum absolute atomic E-state index is 0.108. The van der Waals surface area contributed by atoms with Crippen molar-refractivity contribution < 1.29 is 9.90 Å². The minimum atomic E-state index is -0.814. The maximum Gasteiger partial charge on any atom is 0.256 e. The van der Waals surface area contributed by atoms with Crippen LogP contribution in [0.2, 0.25) is 0 Å². The molecule has 0 saturated carbocycles. The van der Waals surface area contributed by atoms with E-state index in [4.69, 9.17) is 22.0 Å². The summed E-state index contributed by atoms with van der Waals surface area (Å²) in [6, 6.07) is 2.86. The van der Waals surface area contributed by atoms with Gasteiger partial charge in [0.15, 0.2) is 11.4 Å². The molecule has 5 heteroatoms. The molecule has 1 aromatic rings. The largest absolute Gasteiger partial charge is 0.504 e. The second kappa shape index (κ2) is 3.20. The average Bonchev–Trinajstić information content (AvgIpc) is 2.04. The van der Waals surface area contributed by atoms with Gasteiger partial charge in [-0.15, -0.1) is 0 Å². The van der Waals surface area contributed by atoms with Crippen LogP contribution in [0.15, 0.2) is 12.3 Å². The number of hydrogen-bond acceptors (Lipinski definition) is 4. The fourth-order valence-electron chi connectivity index (χ4n) is 0.694. The average molecular weight is 183 g/mol. The molecule has 60 valence electrons. The number of carbonyl (C=O) groups excluding carboxylic acids is 1. The first-order valence-corrected chi connectivity index (χ1v) is 3.32. The third-order valence-corrected chi connectivity index (χ3v) is 1.45. The highest BCUT2D eigenvalue weighted by Crippen LogP contribution is 2.20. The van der Waals surface area contributed by atoms with Gasteiger partial charge in [-0.05, 0) is 17.7 Å². The molecule has 0 aromatic carbocycles. The van der Waals surface area contributed by atoms with Gasteiger partial charge in [0.05, 0.1) is 5.56 Å². The first-order valence-electron chi connectivity index (χ1n) is 2.94. The van der Waals surface area contributed by atoms with E-state index in [0.29, 0.717) is 0 Å². The lowest BCUT2D eigenvalue weighted by molar-refractivity contribution is 0.107. The minimum Gasteiger partial charge on any atom is -0.504 e. The summed E-state index contributed by atoms with van der Waals surface area (Å²) < 4.78 is 0. The number of halogens is 1. The third kappa shape index (κ3) is 1.36. The fraction of sp³-hybridized carbons (Fsp3) is 0. The molecule has 0 aliphatic rings. The maximum atomic E-state index is 10.6.